The molecule has 0 radical (unpaired) electrons. The lowest BCUT2D eigenvalue weighted by molar-refractivity contribution is 0.242. The average molecular weight is 318 g/mol. The van der Waals surface area contributed by atoms with Crippen molar-refractivity contribution in [3.63, 3.8) is 0 Å². The van der Waals surface area contributed by atoms with E-state index in [9.17, 15) is 4.39 Å². The van der Waals surface area contributed by atoms with Gasteiger partial charge in [-0.25, -0.2) is 4.39 Å². The highest BCUT2D eigenvalue weighted by Crippen LogP contribution is 2.16. The van der Waals surface area contributed by atoms with Crippen LogP contribution in [0.1, 0.15) is 19.4 Å². The number of hydrogen-bond donors (Lipinski definition) is 2. The van der Waals surface area contributed by atoms with Gasteiger partial charge < -0.3 is 15.4 Å². The quantitative estimate of drug-likeness (QED) is 0.813. The van der Waals surface area contributed by atoms with E-state index in [-0.39, 0.29) is 11.9 Å². The molecule has 22 heavy (non-hydrogen) atoms. The van der Waals surface area contributed by atoms with Crippen LogP contribution in [0.3, 0.4) is 0 Å². The summed E-state index contributed by atoms with van der Waals surface area (Å²) in [6.45, 7) is 4.44. The molecule has 0 aromatic heterocycles. The van der Waals surface area contributed by atoms with Crippen molar-refractivity contribution in [2.24, 2.45) is 0 Å². The van der Waals surface area contributed by atoms with Crippen molar-refractivity contribution in [3.8, 4) is 5.75 Å². The molecule has 0 spiro atoms. The minimum atomic E-state index is -0.251. The van der Waals surface area contributed by atoms with Gasteiger partial charge in [-0.2, -0.15) is 0 Å². The van der Waals surface area contributed by atoms with Crippen molar-refractivity contribution in [1.82, 2.24) is 5.32 Å². The SMILES string of the molecule is CC(C)Oc1ccc(NC(=S)NCc2cccc(F)c2)cc1. The van der Waals surface area contributed by atoms with Gasteiger partial charge in [-0.1, -0.05) is 12.1 Å². The van der Waals surface area contributed by atoms with E-state index in [1.165, 1.54) is 12.1 Å². The summed E-state index contributed by atoms with van der Waals surface area (Å²) in [6.07, 6.45) is 0.146. The zero-order valence-electron chi connectivity index (χ0n) is 12.6. The molecule has 0 atom stereocenters. The van der Waals surface area contributed by atoms with Crippen LogP contribution in [0.2, 0.25) is 0 Å². The van der Waals surface area contributed by atoms with E-state index in [2.05, 4.69) is 10.6 Å². The minimum absolute atomic E-state index is 0.146. The van der Waals surface area contributed by atoms with Crippen molar-refractivity contribution in [2.45, 2.75) is 26.5 Å². The number of anilines is 1. The number of ether oxygens (including phenoxy) is 1. The van der Waals surface area contributed by atoms with Crippen molar-refractivity contribution < 1.29 is 9.13 Å². The fraction of sp³-hybridized carbons (Fsp3) is 0.235. The first kappa shape index (κ1) is 16.2. The first-order chi connectivity index (χ1) is 10.5. The third-order valence-corrected chi connectivity index (χ3v) is 3.07. The van der Waals surface area contributed by atoms with E-state index in [1.54, 1.807) is 6.07 Å². The molecule has 2 aromatic carbocycles. The zero-order chi connectivity index (χ0) is 15.9. The molecule has 5 heteroatoms. The Morgan fingerprint density at radius 2 is 1.91 bits per heavy atom. The highest BCUT2D eigenvalue weighted by Gasteiger charge is 2.01. The van der Waals surface area contributed by atoms with E-state index in [4.69, 9.17) is 17.0 Å². The van der Waals surface area contributed by atoms with Gasteiger partial charge in [0, 0.05) is 12.2 Å². The molecule has 0 aliphatic carbocycles. The monoisotopic (exact) mass is 318 g/mol. The Kier molecular flexibility index (Phi) is 5.72. The maximum Gasteiger partial charge on any atom is 0.171 e. The first-order valence-electron chi connectivity index (χ1n) is 7.09. The maximum absolute atomic E-state index is 13.1. The standard InChI is InChI=1S/C17H19FN2OS/c1-12(2)21-16-8-6-15(7-9-16)20-17(22)19-11-13-4-3-5-14(18)10-13/h3-10,12H,11H2,1-2H3,(H2,19,20,22). The molecule has 0 fully saturated rings. The Morgan fingerprint density at radius 1 is 1.18 bits per heavy atom. The van der Waals surface area contributed by atoms with Crippen LogP contribution >= 0.6 is 12.2 Å². The van der Waals surface area contributed by atoms with Gasteiger partial charge in [0.2, 0.25) is 0 Å². The van der Waals surface area contributed by atoms with Gasteiger partial charge in [-0.05, 0) is 68.0 Å². The summed E-state index contributed by atoms with van der Waals surface area (Å²) in [6, 6.07) is 14.0. The Bertz CT molecular complexity index is 629. The lowest BCUT2D eigenvalue weighted by Crippen LogP contribution is -2.27. The molecular weight excluding hydrogens is 299 g/mol. The first-order valence-corrected chi connectivity index (χ1v) is 7.50. The molecule has 2 aromatic rings. The fourth-order valence-corrected chi connectivity index (χ4v) is 2.08. The number of nitrogens with one attached hydrogen (secondary N) is 2. The molecular formula is C17H19FN2OS. The average Bonchev–Trinajstić information content (AvgIpc) is 2.47. The van der Waals surface area contributed by atoms with Gasteiger partial charge in [-0.3, -0.25) is 0 Å². The molecule has 0 saturated carbocycles. The molecule has 0 aliphatic rings. The Labute approximate surface area is 135 Å². The van der Waals surface area contributed by atoms with E-state index in [1.807, 2.05) is 44.2 Å². The van der Waals surface area contributed by atoms with Crippen LogP contribution in [-0.4, -0.2) is 11.2 Å². The molecule has 0 heterocycles. The molecule has 2 rings (SSSR count). The number of thiocarbonyl (C=S) groups is 1. The molecule has 0 amide bonds. The normalized spacial score (nSPS) is 10.4. The number of halogens is 1. The van der Waals surface area contributed by atoms with E-state index in [0.29, 0.717) is 11.7 Å². The van der Waals surface area contributed by atoms with E-state index in [0.717, 1.165) is 17.0 Å². The molecule has 116 valence electrons. The van der Waals surface area contributed by atoms with Crippen LogP contribution in [-0.2, 0) is 6.54 Å². The third kappa shape index (κ3) is 5.33. The van der Waals surface area contributed by atoms with Crippen LogP contribution in [0.25, 0.3) is 0 Å². The van der Waals surface area contributed by atoms with Crippen molar-refractivity contribution in [3.05, 3.63) is 59.9 Å². The molecule has 3 nitrogen and oxygen atoms in total. The lowest BCUT2D eigenvalue weighted by Gasteiger charge is -2.12. The number of hydrogen-bond acceptors (Lipinski definition) is 2. The van der Waals surface area contributed by atoms with Crippen LogP contribution in [0, 0.1) is 5.82 Å². The predicted molar refractivity (Wildman–Crippen MR) is 91.7 cm³/mol. The highest BCUT2D eigenvalue weighted by atomic mass is 32.1. The third-order valence-electron chi connectivity index (χ3n) is 2.83. The summed E-state index contributed by atoms with van der Waals surface area (Å²) in [5.74, 6) is 0.568. The van der Waals surface area contributed by atoms with E-state index < -0.39 is 0 Å². The zero-order valence-corrected chi connectivity index (χ0v) is 13.4. The summed E-state index contributed by atoms with van der Waals surface area (Å²) in [5.41, 5.74) is 1.71. The molecule has 2 N–H and O–H groups in total. The maximum atomic E-state index is 13.1. The predicted octanol–water partition coefficient (Wildman–Crippen LogP) is 4.10. The summed E-state index contributed by atoms with van der Waals surface area (Å²) in [4.78, 5) is 0. The Balaban J connectivity index is 1.84. The molecule has 0 bridgehead atoms. The van der Waals surface area contributed by atoms with Gasteiger partial charge >= 0.3 is 0 Å². The number of rotatable bonds is 5. The highest BCUT2D eigenvalue weighted by molar-refractivity contribution is 7.80. The van der Waals surface area contributed by atoms with Crippen LogP contribution in [0.4, 0.5) is 10.1 Å². The van der Waals surface area contributed by atoms with Gasteiger partial charge in [0.15, 0.2) is 5.11 Å². The van der Waals surface area contributed by atoms with Gasteiger partial charge in [0.1, 0.15) is 11.6 Å². The molecule has 0 saturated heterocycles. The van der Waals surface area contributed by atoms with E-state index >= 15 is 0 Å². The summed E-state index contributed by atoms with van der Waals surface area (Å²) < 4.78 is 18.7. The second-order valence-electron chi connectivity index (χ2n) is 5.13. The van der Waals surface area contributed by atoms with Crippen molar-refractivity contribution in [1.29, 1.82) is 0 Å². The van der Waals surface area contributed by atoms with Crippen LogP contribution in [0.5, 0.6) is 5.75 Å². The topological polar surface area (TPSA) is 33.3 Å². The molecule has 0 unspecified atom stereocenters. The second kappa shape index (κ2) is 7.75. The molecule has 0 aliphatic heterocycles. The summed E-state index contributed by atoms with van der Waals surface area (Å²) >= 11 is 5.22. The largest absolute Gasteiger partial charge is 0.491 e. The van der Waals surface area contributed by atoms with Crippen LogP contribution < -0.4 is 15.4 Å². The Hall–Kier alpha value is -2.14. The van der Waals surface area contributed by atoms with Gasteiger partial charge in [0.25, 0.3) is 0 Å². The minimum Gasteiger partial charge on any atom is -0.491 e. The summed E-state index contributed by atoms with van der Waals surface area (Å²) in [5, 5.41) is 6.61. The van der Waals surface area contributed by atoms with Crippen molar-refractivity contribution in [2.75, 3.05) is 5.32 Å². The van der Waals surface area contributed by atoms with Gasteiger partial charge in [0.05, 0.1) is 6.10 Å². The fourth-order valence-electron chi connectivity index (χ4n) is 1.89. The van der Waals surface area contributed by atoms with Crippen molar-refractivity contribution >= 4 is 23.0 Å². The Morgan fingerprint density at radius 3 is 2.55 bits per heavy atom. The lowest BCUT2D eigenvalue weighted by atomic mass is 10.2. The smallest absolute Gasteiger partial charge is 0.171 e. The van der Waals surface area contributed by atoms with Crippen LogP contribution in [0.15, 0.2) is 48.5 Å². The second-order valence-corrected chi connectivity index (χ2v) is 5.54. The summed E-state index contributed by atoms with van der Waals surface area (Å²) in [7, 11) is 0. The number of benzene rings is 2. The van der Waals surface area contributed by atoms with Gasteiger partial charge in [-0.15, -0.1) is 0 Å².